The van der Waals surface area contributed by atoms with Gasteiger partial charge >= 0.3 is 0 Å². The lowest BCUT2D eigenvalue weighted by Crippen LogP contribution is -2.17. The molecule has 0 aromatic heterocycles. The van der Waals surface area contributed by atoms with Crippen molar-refractivity contribution in [2.45, 2.75) is 12.8 Å². The summed E-state index contributed by atoms with van der Waals surface area (Å²) in [6, 6.07) is 20.3. The van der Waals surface area contributed by atoms with Gasteiger partial charge in [-0.2, -0.15) is 0 Å². The monoisotopic (exact) mass is 363 g/mol. The van der Waals surface area contributed by atoms with Crippen molar-refractivity contribution in [3.8, 4) is 28.4 Å². The molecule has 27 heavy (non-hydrogen) atoms. The lowest BCUT2D eigenvalue weighted by molar-refractivity contribution is 0.414. The molecule has 138 valence electrons. The van der Waals surface area contributed by atoms with Crippen LogP contribution in [0.5, 0.6) is 17.2 Å². The zero-order chi connectivity index (χ0) is 18.6. The van der Waals surface area contributed by atoms with Crippen molar-refractivity contribution in [1.82, 2.24) is 0 Å². The first-order valence-electron chi connectivity index (χ1n) is 9.20. The molecule has 1 fully saturated rings. The van der Waals surface area contributed by atoms with Gasteiger partial charge in [-0.1, -0.05) is 12.1 Å². The fraction of sp³-hybridized carbons (Fsp3) is 0.217. The SMILES string of the molecule is COc1ccc(F)c(-c2cccc(Oc3ccc(N4CCCC4)cc3)c2)c1. The molecule has 0 N–H and O–H groups in total. The molecule has 3 nitrogen and oxygen atoms in total. The highest BCUT2D eigenvalue weighted by Crippen LogP contribution is 2.32. The summed E-state index contributed by atoms with van der Waals surface area (Å²) in [5, 5.41) is 0. The standard InChI is InChI=1S/C23H22FNO2/c1-26-20-11-12-23(24)22(16-20)17-5-4-6-21(15-17)27-19-9-7-18(8-10-19)25-13-2-3-14-25/h4-12,15-16H,2-3,13-14H2,1H3. The summed E-state index contributed by atoms with van der Waals surface area (Å²) >= 11 is 0. The van der Waals surface area contributed by atoms with Crippen LogP contribution in [0.2, 0.25) is 0 Å². The average molecular weight is 363 g/mol. The third-order valence-electron chi connectivity index (χ3n) is 4.86. The van der Waals surface area contributed by atoms with Crippen LogP contribution in [0.4, 0.5) is 10.1 Å². The fourth-order valence-corrected chi connectivity index (χ4v) is 3.42. The van der Waals surface area contributed by atoms with Gasteiger partial charge in [0, 0.05) is 24.3 Å². The lowest BCUT2D eigenvalue weighted by atomic mass is 10.0. The van der Waals surface area contributed by atoms with E-state index >= 15 is 0 Å². The number of hydrogen-bond donors (Lipinski definition) is 0. The normalized spacial score (nSPS) is 13.6. The van der Waals surface area contributed by atoms with Gasteiger partial charge in [0.2, 0.25) is 0 Å². The average Bonchev–Trinajstić information content (AvgIpc) is 3.24. The van der Waals surface area contributed by atoms with Gasteiger partial charge < -0.3 is 14.4 Å². The van der Waals surface area contributed by atoms with Crippen LogP contribution in [0.1, 0.15) is 12.8 Å². The number of nitrogens with zero attached hydrogens (tertiary/aromatic N) is 1. The molecule has 4 heteroatoms. The summed E-state index contributed by atoms with van der Waals surface area (Å²) in [7, 11) is 1.57. The molecule has 0 saturated carbocycles. The summed E-state index contributed by atoms with van der Waals surface area (Å²) in [6.45, 7) is 2.24. The Morgan fingerprint density at radius 3 is 2.30 bits per heavy atom. The predicted octanol–water partition coefficient (Wildman–Crippen LogP) is 5.89. The topological polar surface area (TPSA) is 21.7 Å². The molecule has 0 spiro atoms. The molecule has 1 aliphatic heterocycles. The number of rotatable bonds is 5. The first kappa shape index (κ1) is 17.4. The smallest absolute Gasteiger partial charge is 0.131 e. The van der Waals surface area contributed by atoms with Gasteiger partial charge in [0.05, 0.1) is 7.11 Å². The van der Waals surface area contributed by atoms with Crippen LogP contribution in [0.15, 0.2) is 66.7 Å². The van der Waals surface area contributed by atoms with Gasteiger partial charge in [0.1, 0.15) is 23.1 Å². The molecular formula is C23H22FNO2. The van der Waals surface area contributed by atoms with Crippen LogP contribution in [-0.4, -0.2) is 20.2 Å². The van der Waals surface area contributed by atoms with Crippen LogP contribution in [0.3, 0.4) is 0 Å². The van der Waals surface area contributed by atoms with E-state index in [9.17, 15) is 4.39 Å². The van der Waals surface area contributed by atoms with Gasteiger partial charge in [-0.15, -0.1) is 0 Å². The van der Waals surface area contributed by atoms with E-state index in [-0.39, 0.29) is 5.82 Å². The van der Waals surface area contributed by atoms with E-state index in [1.807, 2.05) is 36.4 Å². The molecule has 0 bridgehead atoms. The van der Waals surface area contributed by atoms with E-state index in [4.69, 9.17) is 9.47 Å². The first-order valence-corrected chi connectivity index (χ1v) is 9.20. The highest BCUT2D eigenvalue weighted by atomic mass is 19.1. The molecule has 1 saturated heterocycles. The Balaban J connectivity index is 1.54. The fourth-order valence-electron chi connectivity index (χ4n) is 3.42. The zero-order valence-corrected chi connectivity index (χ0v) is 15.3. The third kappa shape index (κ3) is 3.90. The Bertz CT molecular complexity index is 918. The van der Waals surface area contributed by atoms with Crippen LogP contribution < -0.4 is 14.4 Å². The molecule has 0 radical (unpaired) electrons. The molecule has 3 aromatic rings. The summed E-state index contributed by atoms with van der Waals surface area (Å²) in [6.07, 6.45) is 2.51. The summed E-state index contributed by atoms with van der Waals surface area (Å²) in [5.74, 6) is 1.77. The Labute approximate surface area is 159 Å². The second-order valence-electron chi connectivity index (χ2n) is 6.66. The Morgan fingerprint density at radius 1 is 0.815 bits per heavy atom. The summed E-state index contributed by atoms with van der Waals surface area (Å²) < 4.78 is 25.4. The number of halogens is 1. The van der Waals surface area contributed by atoms with E-state index in [1.54, 1.807) is 19.2 Å². The number of methoxy groups -OCH3 is 1. The van der Waals surface area contributed by atoms with E-state index in [2.05, 4.69) is 17.0 Å². The molecule has 0 unspecified atom stereocenters. The lowest BCUT2D eigenvalue weighted by Gasteiger charge is -2.17. The zero-order valence-electron chi connectivity index (χ0n) is 15.3. The van der Waals surface area contributed by atoms with Crippen LogP contribution in [-0.2, 0) is 0 Å². The van der Waals surface area contributed by atoms with Crippen molar-refractivity contribution in [2.75, 3.05) is 25.1 Å². The van der Waals surface area contributed by atoms with E-state index in [1.165, 1.54) is 24.6 Å². The molecule has 0 aliphatic carbocycles. The minimum absolute atomic E-state index is 0.289. The maximum Gasteiger partial charge on any atom is 0.131 e. The van der Waals surface area contributed by atoms with Crippen LogP contribution >= 0.6 is 0 Å². The van der Waals surface area contributed by atoms with Crippen molar-refractivity contribution >= 4 is 5.69 Å². The highest BCUT2D eigenvalue weighted by Gasteiger charge is 2.12. The van der Waals surface area contributed by atoms with E-state index in [0.717, 1.165) is 24.4 Å². The number of ether oxygens (including phenoxy) is 2. The van der Waals surface area contributed by atoms with Gasteiger partial charge in [-0.3, -0.25) is 0 Å². The van der Waals surface area contributed by atoms with E-state index in [0.29, 0.717) is 17.1 Å². The maximum atomic E-state index is 14.2. The molecule has 0 atom stereocenters. The molecular weight excluding hydrogens is 341 g/mol. The van der Waals surface area contributed by atoms with Gasteiger partial charge in [-0.25, -0.2) is 4.39 Å². The van der Waals surface area contributed by atoms with Crippen molar-refractivity contribution in [3.63, 3.8) is 0 Å². The predicted molar refractivity (Wildman–Crippen MR) is 106 cm³/mol. The summed E-state index contributed by atoms with van der Waals surface area (Å²) in [4.78, 5) is 2.38. The maximum absolute atomic E-state index is 14.2. The Kier molecular flexibility index (Phi) is 4.97. The van der Waals surface area contributed by atoms with Crippen molar-refractivity contribution in [3.05, 3.63) is 72.5 Å². The Morgan fingerprint density at radius 2 is 1.56 bits per heavy atom. The number of anilines is 1. The quantitative estimate of drug-likeness (QED) is 0.564. The summed E-state index contributed by atoms with van der Waals surface area (Å²) in [5.41, 5.74) is 2.47. The molecule has 0 amide bonds. The minimum atomic E-state index is -0.289. The van der Waals surface area contributed by atoms with Crippen LogP contribution in [0.25, 0.3) is 11.1 Å². The number of hydrogen-bond acceptors (Lipinski definition) is 3. The van der Waals surface area contributed by atoms with E-state index < -0.39 is 0 Å². The molecule has 3 aromatic carbocycles. The molecule has 1 heterocycles. The van der Waals surface area contributed by atoms with Crippen molar-refractivity contribution in [2.24, 2.45) is 0 Å². The molecule has 1 aliphatic rings. The second-order valence-corrected chi connectivity index (χ2v) is 6.66. The highest BCUT2D eigenvalue weighted by molar-refractivity contribution is 5.67. The Hall–Kier alpha value is -3.01. The van der Waals surface area contributed by atoms with Crippen molar-refractivity contribution in [1.29, 1.82) is 0 Å². The van der Waals surface area contributed by atoms with Gasteiger partial charge in [0.15, 0.2) is 0 Å². The van der Waals surface area contributed by atoms with Gasteiger partial charge in [-0.05, 0) is 73.0 Å². The van der Waals surface area contributed by atoms with Gasteiger partial charge in [0.25, 0.3) is 0 Å². The van der Waals surface area contributed by atoms with Crippen molar-refractivity contribution < 1.29 is 13.9 Å². The first-order chi connectivity index (χ1) is 13.2. The third-order valence-corrected chi connectivity index (χ3v) is 4.86. The largest absolute Gasteiger partial charge is 0.497 e. The molecule has 4 rings (SSSR count). The van der Waals surface area contributed by atoms with Crippen LogP contribution in [0, 0.1) is 5.82 Å². The number of benzene rings is 3. The minimum Gasteiger partial charge on any atom is -0.497 e. The second kappa shape index (κ2) is 7.70.